The van der Waals surface area contributed by atoms with Crippen LogP contribution in [0, 0.1) is 0 Å². The molecule has 7 heteroatoms. The van der Waals surface area contributed by atoms with E-state index in [4.69, 9.17) is 9.47 Å². The van der Waals surface area contributed by atoms with Crippen LogP contribution >= 0.6 is 0 Å². The van der Waals surface area contributed by atoms with Crippen LogP contribution in [-0.2, 0) is 14.3 Å². The van der Waals surface area contributed by atoms with Crippen molar-refractivity contribution in [1.29, 1.82) is 0 Å². The predicted octanol–water partition coefficient (Wildman–Crippen LogP) is 1.50. The highest BCUT2D eigenvalue weighted by atomic mass is 16.5. The largest absolute Gasteiger partial charge is 0.457 e. The number of esters is 1. The average Bonchev–Trinajstić information content (AvgIpc) is 2.65. The topological polar surface area (TPSA) is 93.7 Å². The van der Waals surface area contributed by atoms with Crippen molar-refractivity contribution in [3.8, 4) is 11.5 Å². The molecule has 0 aliphatic heterocycles. The standard InChI is InChI=1S/C18H18N2O5/c1-19-16(21)11-20-17(22)12-24-18(23)13-7-9-15(10-8-13)25-14-5-3-2-4-6-14/h2-10H,11-12H2,1H3,(H,19,21)(H,20,22). The smallest absolute Gasteiger partial charge is 0.338 e. The second kappa shape index (κ2) is 9.07. The summed E-state index contributed by atoms with van der Waals surface area (Å²) in [5, 5.41) is 4.69. The number of benzene rings is 2. The first-order chi connectivity index (χ1) is 12.1. The molecule has 0 fully saturated rings. The van der Waals surface area contributed by atoms with Crippen LogP contribution in [0.15, 0.2) is 54.6 Å². The van der Waals surface area contributed by atoms with Crippen molar-refractivity contribution in [2.75, 3.05) is 20.2 Å². The molecule has 0 saturated carbocycles. The van der Waals surface area contributed by atoms with Gasteiger partial charge in [-0.25, -0.2) is 4.79 Å². The first-order valence-corrected chi connectivity index (χ1v) is 7.56. The number of carbonyl (C=O) groups excluding carboxylic acids is 3. The third-order valence-electron chi connectivity index (χ3n) is 3.13. The molecule has 0 saturated heterocycles. The molecule has 2 aromatic carbocycles. The minimum atomic E-state index is -0.638. The summed E-state index contributed by atoms with van der Waals surface area (Å²) in [4.78, 5) is 34.4. The Labute approximate surface area is 144 Å². The molecule has 2 rings (SSSR count). The number of hydrogen-bond acceptors (Lipinski definition) is 5. The van der Waals surface area contributed by atoms with Gasteiger partial charge in [0.1, 0.15) is 11.5 Å². The van der Waals surface area contributed by atoms with E-state index in [9.17, 15) is 14.4 Å². The molecule has 2 aromatic rings. The summed E-state index contributed by atoms with van der Waals surface area (Å²) in [7, 11) is 1.46. The van der Waals surface area contributed by atoms with Crippen molar-refractivity contribution >= 4 is 17.8 Å². The van der Waals surface area contributed by atoms with Crippen molar-refractivity contribution < 1.29 is 23.9 Å². The Morgan fingerprint density at radius 1 is 0.880 bits per heavy atom. The van der Waals surface area contributed by atoms with Crippen LogP contribution in [0.1, 0.15) is 10.4 Å². The highest BCUT2D eigenvalue weighted by Crippen LogP contribution is 2.21. The molecular formula is C18H18N2O5. The minimum Gasteiger partial charge on any atom is -0.457 e. The normalized spacial score (nSPS) is 9.80. The van der Waals surface area contributed by atoms with Crippen molar-refractivity contribution in [3.63, 3.8) is 0 Å². The fraction of sp³-hybridized carbons (Fsp3) is 0.167. The van der Waals surface area contributed by atoms with Gasteiger partial charge in [0.15, 0.2) is 6.61 Å². The Balaban J connectivity index is 1.82. The lowest BCUT2D eigenvalue weighted by Gasteiger charge is -2.08. The zero-order chi connectivity index (χ0) is 18.1. The van der Waals surface area contributed by atoms with E-state index in [1.165, 1.54) is 7.05 Å². The second-order valence-corrected chi connectivity index (χ2v) is 4.97. The summed E-state index contributed by atoms with van der Waals surface area (Å²) >= 11 is 0. The summed E-state index contributed by atoms with van der Waals surface area (Å²) in [6.45, 7) is -0.628. The van der Waals surface area contributed by atoms with Crippen LogP contribution in [0.4, 0.5) is 0 Å². The van der Waals surface area contributed by atoms with E-state index >= 15 is 0 Å². The van der Waals surface area contributed by atoms with E-state index in [0.717, 1.165) is 0 Å². The monoisotopic (exact) mass is 342 g/mol. The summed E-state index contributed by atoms with van der Waals surface area (Å²) in [6, 6.07) is 15.6. The maximum absolute atomic E-state index is 11.9. The minimum absolute atomic E-state index is 0.168. The molecule has 0 aliphatic carbocycles. The number of para-hydroxylation sites is 1. The number of amides is 2. The van der Waals surface area contributed by atoms with Crippen LogP contribution in [0.3, 0.4) is 0 Å². The van der Waals surface area contributed by atoms with Gasteiger partial charge in [0.2, 0.25) is 5.91 Å². The lowest BCUT2D eigenvalue weighted by atomic mass is 10.2. The highest BCUT2D eigenvalue weighted by Gasteiger charge is 2.11. The number of carbonyl (C=O) groups is 3. The number of ether oxygens (including phenoxy) is 2. The molecular weight excluding hydrogens is 324 g/mol. The first kappa shape index (κ1) is 18.0. The fourth-order valence-corrected chi connectivity index (χ4v) is 1.82. The Kier molecular flexibility index (Phi) is 6.53. The molecule has 130 valence electrons. The summed E-state index contributed by atoms with van der Waals surface area (Å²) in [5.74, 6) is -0.271. The maximum Gasteiger partial charge on any atom is 0.338 e. The third kappa shape index (κ3) is 5.98. The van der Waals surface area contributed by atoms with Crippen LogP contribution in [0.2, 0.25) is 0 Å². The number of rotatable bonds is 7. The van der Waals surface area contributed by atoms with Gasteiger partial charge in [-0.3, -0.25) is 9.59 Å². The van der Waals surface area contributed by atoms with Gasteiger partial charge in [0, 0.05) is 7.05 Å². The molecule has 0 bridgehead atoms. The van der Waals surface area contributed by atoms with Gasteiger partial charge in [-0.15, -0.1) is 0 Å². The number of nitrogens with one attached hydrogen (secondary N) is 2. The van der Waals surface area contributed by atoms with Gasteiger partial charge in [-0.2, -0.15) is 0 Å². The number of likely N-dealkylation sites (N-methyl/N-ethyl adjacent to an activating group) is 1. The Morgan fingerprint density at radius 3 is 2.16 bits per heavy atom. The Hall–Kier alpha value is -3.35. The molecule has 0 unspecified atom stereocenters. The van der Waals surface area contributed by atoms with E-state index in [1.807, 2.05) is 30.3 Å². The van der Waals surface area contributed by atoms with Gasteiger partial charge in [-0.1, -0.05) is 18.2 Å². The molecule has 25 heavy (non-hydrogen) atoms. The van der Waals surface area contributed by atoms with Crippen LogP contribution in [0.5, 0.6) is 11.5 Å². The summed E-state index contributed by atoms with van der Waals surface area (Å²) in [6.07, 6.45) is 0. The third-order valence-corrected chi connectivity index (χ3v) is 3.13. The molecule has 2 amide bonds. The van der Waals surface area contributed by atoms with Gasteiger partial charge in [-0.05, 0) is 36.4 Å². The average molecular weight is 342 g/mol. The predicted molar refractivity (Wildman–Crippen MR) is 90.3 cm³/mol. The van der Waals surface area contributed by atoms with E-state index in [0.29, 0.717) is 17.1 Å². The molecule has 0 heterocycles. The van der Waals surface area contributed by atoms with Crippen LogP contribution < -0.4 is 15.4 Å². The zero-order valence-electron chi connectivity index (χ0n) is 13.7. The van der Waals surface area contributed by atoms with E-state index in [-0.39, 0.29) is 12.5 Å². The summed E-state index contributed by atoms with van der Waals surface area (Å²) < 4.78 is 10.5. The quantitative estimate of drug-likeness (QED) is 0.744. The van der Waals surface area contributed by atoms with Gasteiger partial charge >= 0.3 is 5.97 Å². The SMILES string of the molecule is CNC(=O)CNC(=O)COC(=O)c1ccc(Oc2ccccc2)cc1. The lowest BCUT2D eigenvalue weighted by Crippen LogP contribution is -2.37. The molecule has 0 atom stereocenters. The van der Waals surface area contributed by atoms with E-state index in [1.54, 1.807) is 24.3 Å². The van der Waals surface area contributed by atoms with Gasteiger partial charge < -0.3 is 20.1 Å². The van der Waals surface area contributed by atoms with Gasteiger partial charge in [0.25, 0.3) is 5.91 Å². The molecule has 7 nitrogen and oxygen atoms in total. The van der Waals surface area contributed by atoms with E-state index in [2.05, 4.69) is 10.6 Å². The maximum atomic E-state index is 11.9. The Morgan fingerprint density at radius 2 is 1.52 bits per heavy atom. The summed E-state index contributed by atoms with van der Waals surface area (Å²) in [5.41, 5.74) is 0.291. The molecule has 0 spiro atoms. The van der Waals surface area contributed by atoms with Crippen molar-refractivity contribution in [1.82, 2.24) is 10.6 Å². The van der Waals surface area contributed by atoms with Crippen molar-refractivity contribution in [2.24, 2.45) is 0 Å². The Bertz CT molecular complexity index is 729. The highest BCUT2D eigenvalue weighted by molar-refractivity contribution is 5.92. The molecule has 0 aromatic heterocycles. The lowest BCUT2D eigenvalue weighted by molar-refractivity contribution is -0.127. The first-order valence-electron chi connectivity index (χ1n) is 7.56. The van der Waals surface area contributed by atoms with Crippen LogP contribution in [0.25, 0.3) is 0 Å². The second-order valence-electron chi connectivity index (χ2n) is 4.97. The fourth-order valence-electron chi connectivity index (χ4n) is 1.82. The van der Waals surface area contributed by atoms with Crippen molar-refractivity contribution in [2.45, 2.75) is 0 Å². The van der Waals surface area contributed by atoms with Crippen LogP contribution in [-0.4, -0.2) is 38.0 Å². The molecule has 2 N–H and O–H groups in total. The van der Waals surface area contributed by atoms with E-state index < -0.39 is 18.5 Å². The zero-order valence-corrected chi connectivity index (χ0v) is 13.7. The molecule has 0 radical (unpaired) electrons. The van der Waals surface area contributed by atoms with Gasteiger partial charge in [0.05, 0.1) is 12.1 Å². The number of hydrogen-bond donors (Lipinski definition) is 2. The molecule has 0 aliphatic rings. The van der Waals surface area contributed by atoms with Crippen molar-refractivity contribution in [3.05, 3.63) is 60.2 Å².